The molecule has 0 aliphatic heterocycles. The summed E-state index contributed by atoms with van der Waals surface area (Å²) in [5.41, 5.74) is 7.10. The van der Waals surface area contributed by atoms with Crippen molar-refractivity contribution in [3.8, 4) is 5.75 Å². The smallest absolute Gasteiger partial charge is 0.134 e. The van der Waals surface area contributed by atoms with Crippen LogP contribution in [-0.4, -0.2) is 5.11 Å². The largest absolute Gasteiger partial charge is 0.506 e. The van der Waals surface area contributed by atoms with E-state index in [1.165, 1.54) is 19.3 Å². The first-order chi connectivity index (χ1) is 6.68. The van der Waals surface area contributed by atoms with E-state index in [1.807, 2.05) is 6.07 Å². The van der Waals surface area contributed by atoms with Crippen molar-refractivity contribution in [3.63, 3.8) is 0 Å². The normalized spacial score (nSPS) is 19.0. The molecule has 0 spiro atoms. The number of nitrogens with two attached hydrogens (primary N) is 1. The van der Waals surface area contributed by atoms with Crippen molar-refractivity contribution >= 4 is 11.6 Å². The Morgan fingerprint density at radius 3 is 2.64 bits per heavy atom. The summed E-state index contributed by atoms with van der Waals surface area (Å²) in [4.78, 5) is 0. The van der Waals surface area contributed by atoms with Crippen LogP contribution >= 0.6 is 11.6 Å². The van der Waals surface area contributed by atoms with Crippen LogP contribution in [0.1, 0.15) is 30.9 Å². The van der Waals surface area contributed by atoms with E-state index in [9.17, 15) is 5.11 Å². The first-order valence-corrected chi connectivity index (χ1v) is 5.30. The third kappa shape index (κ3) is 1.72. The Labute approximate surface area is 88.7 Å². The van der Waals surface area contributed by atoms with Crippen LogP contribution in [-0.2, 0) is 0 Å². The van der Waals surface area contributed by atoms with Gasteiger partial charge in [-0.2, -0.15) is 0 Å². The lowest BCUT2D eigenvalue weighted by atomic mass is 9.77. The van der Waals surface area contributed by atoms with Crippen molar-refractivity contribution in [1.82, 2.24) is 0 Å². The van der Waals surface area contributed by atoms with Crippen LogP contribution in [0.15, 0.2) is 18.2 Å². The van der Waals surface area contributed by atoms with E-state index >= 15 is 0 Å². The molecule has 1 aliphatic carbocycles. The maximum Gasteiger partial charge on any atom is 0.134 e. The molecular formula is C11H14ClNO. The maximum atomic E-state index is 9.26. The second kappa shape index (κ2) is 3.79. The van der Waals surface area contributed by atoms with Gasteiger partial charge >= 0.3 is 0 Å². The van der Waals surface area contributed by atoms with Gasteiger partial charge in [0.1, 0.15) is 5.75 Å². The van der Waals surface area contributed by atoms with Crippen LogP contribution in [0, 0.1) is 5.92 Å². The molecule has 0 heterocycles. The fourth-order valence-electron chi connectivity index (χ4n) is 1.80. The zero-order valence-electron chi connectivity index (χ0n) is 7.91. The fourth-order valence-corrected chi connectivity index (χ4v) is 1.99. The molecule has 1 aromatic carbocycles. The number of aromatic hydroxyl groups is 1. The fraction of sp³-hybridized carbons (Fsp3) is 0.455. The standard InChI is InChI=1S/C11H14ClNO/c12-9-6-8(4-5-10(9)14)11(13)7-2-1-3-7/h4-7,11,14H,1-3,13H2. The Hall–Kier alpha value is -0.730. The molecule has 3 N–H and O–H groups in total. The van der Waals surface area contributed by atoms with Gasteiger partial charge in [0.15, 0.2) is 0 Å². The molecule has 0 bridgehead atoms. The predicted molar refractivity (Wildman–Crippen MR) is 57.4 cm³/mol. The van der Waals surface area contributed by atoms with E-state index in [4.69, 9.17) is 17.3 Å². The van der Waals surface area contributed by atoms with Crippen molar-refractivity contribution in [2.75, 3.05) is 0 Å². The Balaban J connectivity index is 2.18. The summed E-state index contributed by atoms with van der Waals surface area (Å²) in [6.07, 6.45) is 3.70. The molecule has 76 valence electrons. The number of benzene rings is 1. The van der Waals surface area contributed by atoms with Gasteiger partial charge in [0, 0.05) is 6.04 Å². The molecule has 1 fully saturated rings. The van der Waals surface area contributed by atoms with Gasteiger partial charge in [-0.15, -0.1) is 0 Å². The molecule has 0 amide bonds. The van der Waals surface area contributed by atoms with E-state index in [2.05, 4.69) is 0 Å². The molecule has 0 radical (unpaired) electrons. The average molecular weight is 212 g/mol. The Morgan fingerprint density at radius 1 is 1.43 bits per heavy atom. The van der Waals surface area contributed by atoms with Crippen LogP contribution < -0.4 is 5.73 Å². The topological polar surface area (TPSA) is 46.2 Å². The van der Waals surface area contributed by atoms with Gasteiger partial charge in [0.2, 0.25) is 0 Å². The van der Waals surface area contributed by atoms with E-state index < -0.39 is 0 Å². The highest BCUT2D eigenvalue weighted by Gasteiger charge is 2.25. The summed E-state index contributed by atoms with van der Waals surface area (Å²) in [5, 5.41) is 9.65. The third-order valence-corrected chi connectivity index (χ3v) is 3.32. The van der Waals surface area contributed by atoms with E-state index in [1.54, 1.807) is 12.1 Å². The second-order valence-corrected chi connectivity index (χ2v) is 4.33. The highest BCUT2D eigenvalue weighted by atomic mass is 35.5. The summed E-state index contributed by atoms with van der Waals surface area (Å²) >= 11 is 5.82. The van der Waals surface area contributed by atoms with Gasteiger partial charge in [-0.1, -0.05) is 24.1 Å². The SMILES string of the molecule is NC(c1ccc(O)c(Cl)c1)C1CCC1. The highest BCUT2D eigenvalue weighted by molar-refractivity contribution is 6.32. The molecule has 14 heavy (non-hydrogen) atoms. The van der Waals surface area contributed by atoms with Crippen molar-refractivity contribution < 1.29 is 5.11 Å². The van der Waals surface area contributed by atoms with Crippen LogP contribution in [0.5, 0.6) is 5.75 Å². The lowest BCUT2D eigenvalue weighted by molar-refractivity contribution is 0.264. The van der Waals surface area contributed by atoms with Crippen LogP contribution in [0.4, 0.5) is 0 Å². The molecule has 1 unspecified atom stereocenters. The summed E-state index contributed by atoms with van der Waals surface area (Å²) < 4.78 is 0. The monoisotopic (exact) mass is 211 g/mol. The molecule has 1 aromatic rings. The van der Waals surface area contributed by atoms with Gasteiger partial charge in [0.05, 0.1) is 5.02 Å². The minimum Gasteiger partial charge on any atom is -0.506 e. The molecule has 1 aliphatic rings. The summed E-state index contributed by atoms with van der Waals surface area (Å²) in [7, 11) is 0. The highest BCUT2D eigenvalue weighted by Crippen LogP contribution is 2.37. The summed E-state index contributed by atoms with van der Waals surface area (Å²) in [6, 6.07) is 5.29. The van der Waals surface area contributed by atoms with Crippen molar-refractivity contribution in [1.29, 1.82) is 0 Å². The summed E-state index contributed by atoms with van der Waals surface area (Å²) in [6.45, 7) is 0. The minimum atomic E-state index is 0.0712. The Morgan fingerprint density at radius 2 is 2.14 bits per heavy atom. The van der Waals surface area contributed by atoms with Crippen molar-refractivity contribution in [2.45, 2.75) is 25.3 Å². The first kappa shape index (κ1) is 9.81. The molecule has 1 atom stereocenters. The van der Waals surface area contributed by atoms with Gasteiger partial charge in [0.25, 0.3) is 0 Å². The summed E-state index contributed by atoms with van der Waals surface area (Å²) in [5.74, 6) is 0.715. The molecule has 0 saturated heterocycles. The number of rotatable bonds is 2. The van der Waals surface area contributed by atoms with Crippen LogP contribution in [0.25, 0.3) is 0 Å². The zero-order chi connectivity index (χ0) is 10.1. The number of halogens is 1. The first-order valence-electron chi connectivity index (χ1n) is 4.92. The van der Waals surface area contributed by atoms with Crippen molar-refractivity contribution in [2.24, 2.45) is 11.7 Å². The second-order valence-electron chi connectivity index (χ2n) is 3.93. The molecule has 0 aromatic heterocycles. The van der Waals surface area contributed by atoms with Gasteiger partial charge in [-0.25, -0.2) is 0 Å². The minimum absolute atomic E-state index is 0.0712. The molecule has 3 heteroatoms. The Kier molecular flexibility index (Phi) is 2.66. The van der Waals surface area contributed by atoms with Gasteiger partial charge < -0.3 is 10.8 Å². The van der Waals surface area contributed by atoms with E-state index in [0.717, 1.165) is 5.56 Å². The zero-order valence-corrected chi connectivity index (χ0v) is 8.67. The predicted octanol–water partition coefficient (Wildman–Crippen LogP) is 2.85. The van der Waals surface area contributed by atoms with Crippen LogP contribution in [0.2, 0.25) is 5.02 Å². The number of hydrogen-bond donors (Lipinski definition) is 2. The molecule has 1 saturated carbocycles. The van der Waals surface area contributed by atoms with Crippen LogP contribution in [0.3, 0.4) is 0 Å². The molecule has 2 rings (SSSR count). The number of hydrogen-bond acceptors (Lipinski definition) is 2. The van der Waals surface area contributed by atoms with Gasteiger partial charge in [-0.3, -0.25) is 0 Å². The van der Waals surface area contributed by atoms with Crippen molar-refractivity contribution in [3.05, 3.63) is 28.8 Å². The average Bonchev–Trinajstić information content (AvgIpc) is 2.06. The third-order valence-electron chi connectivity index (χ3n) is 3.01. The lowest BCUT2D eigenvalue weighted by Crippen LogP contribution is -2.26. The molecular weight excluding hydrogens is 198 g/mol. The lowest BCUT2D eigenvalue weighted by Gasteiger charge is -2.31. The van der Waals surface area contributed by atoms with E-state index in [-0.39, 0.29) is 11.8 Å². The van der Waals surface area contributed by atoms with Gasteiger partial charge in [-0.05, 0) is 36.5 Å². The number of phenolic OH excluding ortho intramolecular Hbond substituents is 1. The Bertz CT molecular complexity index is 336. The quantitative estimate of drug-likeness (QED) is 0.790. The number of phenols is 1. The molecule has 2 nitrogen and oxygen atoms in total. The maximum absolute atomic E-state index is 9.26. The van der Waals surface area contributed by atoms with E-state index in [0.29, 0.717) is 10.9 Å².